The lowest BCUT2D eigenvalue weighted by Crippen LogP contribution is -2.11. The van der Waals surface area contributed by atoms with Crippen molar-refractivity contribution in [2.24, 2.45) is 5.14 Å². The molecule has 3 aromatic carbocycles. The number of benzene rings is 3. The smallest absolute Gasteiger partial charge is 0.238 e. The Morgan fingerprint density at radius 1 is 1.00 bits per heavy atom. The molecule has 3 N–H and O–H groups in total. The molecule has 1 aromatic heterocycles. The summed E-state index contributed by atoms with van der Waals surface area (Å²) in [6.45, 7) is 2.46. The lowest BCUT2D eigenvalue weighted by Gasteiger charge is -2.11. The van der Waals surface area contributed by atoms with E-state index >= 15 is 0 Å². The van der Waals surface area contributed by atoms with Gasteiger partial charge in [-0.25, -0.2) is 13.6 Å². The summed E-state index contributed by atoms with van der Waals surface area (Å²) in [5.41, 5.74) is 4.13. The van der Waals surface area contributed by atoms with Crippen LogP contribution in [0.2, 0.25) is 0 Å². The Hall–Kier alpha value is -3.16. The van der Waals surface area contributed by atoms with Crippen molar-refractivity contribution in [3.63, 3.8) is 0 Å². The molecule has 0 fully saturated rings. The molecule has 0 spiro atoms. The van der Waals surface area contributed by atoms with Crippen LogP contribution in [0.3, 0.4) is 0 Å². The van der Waals surface area contributed by atoms with Gasteiger partial charge in [-0.2, -0.15) is 5.10 Å². The van der Waals surface area contributed by atoms with Gasteiger partial charge in [0.25, 0.3) is 0 Å². The van der Waals surface area contributed by atoms with Gasteiger partial charge < -0.3 is 4.74 Å². The Kier molecular flexibility index (Phi) is 4.62. The summed E-state index contributed by atoms with van der Waals surface area (Å²) >= 11 is 0. The highest BCUT2D eigenvalue weighted by Gasteiger charge is 2.16. The number of aromatic amines is 1. The van der Waals surface area contributed by atoms with Crippen molar-refractivity contribution >= 4 is 20.9 Å². The number of rotatable bonds is 5. The normalized spacial score (nSPS) is 11.6. The monoisotopic (exact) mass is 393 g/mol. The Morgan fingerprint density at radius 2 is 1.75 bits per heavy atom. The van der Waals surface area contributed by atoms with E-state index < -0.39 is 10.0 Å². The summed E-state index contributed by atoms with van der Waals surface area (Å²) in [7, 11) is -3.79. The first kappa shape index (κ1) is 18.2. The van der Waals surface area contributed by atoms with E-state index in [1.165, 1.54) is 12.1 Å². The van der Waals surface area contributed by atoms with Crippen LogP contribution in [-0.4, -0.2) is 25.2 Å². The van der Waals surface area contributed by atoms with Gasteiger partial charge in [0.2, 0.25) is 10.0 Å². The Labute approximate surface area is 163 Å². The van der Waals surface area contributed by atoms with Crippen molar-refractivity contribution < 1.29 is 13.2 Å². The van der Waals surface area contributed by atoms with Crippen molar-refractivity contribution in [1.82, 2.24) is 10.2 Å². The fourth-order valence-electron chi connectivity index (χ4n) is 3.20. The number of H-pyrrole nitrogens is 1. The largest absolute Gasteiger partial charge is 0.493 e. The highest BCUT2D eigenvalue weighted by atomic mass is 32.2. The summed E-state index contributed by atoms with van der Waals surface area (Å²) in [5, 5.41) is 13.6. The third kappa shape index (κ3) is 3.37. The summed E-state index contributed by atoms with van der Waals surface area (Å²) in [6.07, 6.45) is 0. The number of sulfonamides is 1. The number of primary sulfonamides is 1. The predicted molar refractivity (Wildman–Crippen MR) is 110 cm³/mol. The van der Waals surface area contributed by atoms with Gasteiger partial charge in [-0.1, -0.05) is 42.5 Å². The van der Waals surface area contributed by atoms with Gasteiger partial charge in [0, 0.05) is 16.5 Å². The van der Waals surface area contributed by atoms with E-state index in [0.717, 1.165) is 27.8 Å². The Bertz CT molecular complexity index is 1250. The highest BCUT2D eigenvalue weighted by molar-refractivity contribution is 7.89. The van der Waals surface area contributed by atoms with Crippen LogP contribution in [0, 0.1) is 0 Å². The first-order valence-electron chi connectivity index (χ1n) is 8.81. The van der Waals surface area contributed by atoms with Crippen LogP contribution in [0.15, 0.2) is 71.6 Å². The number of nitrogens with zero attached hydrogens (tertiary/aromatic N) is 1. The minimum Gasteiger partial charge on any atom is -0.493 e. The van der Waals surface area contributed by atoms with Gasteiger partial charge in [0.05, 0.1) is 17.0 Å². The molecule has 0 amide bonds. The molecule has 0 aliphatic carbocycles. The van der Waals surface area contributed by atoms with E-state index in [1.807, 2.05) is 49.4 Å². The second-order valence-electron chi connectivity index (χ2n) is 6.34. The molecular formula is C21H19N3O3S. The third-order valence-electron chi connectivity index (χ3n) is 4.48. The first-order chi connectivity index (χ1) is 13.5. The zero-order valence-electron chi connectivity index (χ0n) is 15.2. The van der Waals surface area contributed by atoms with Gasteiger partial charge in [0.1, 0.15) is 11.4 Å². The van der Waals surface area contributed by atoms with E-state index in [1.54, 1.807) is 12.1 Å². The van der Waals surface area contributed by atoms with Crippen LogP contribution < -0.4 is 9.88 Å². The maximum absolute atomic E-state index is 11.7. The van der Waals surface area contributed by atoms with Crippen LogP contribution in [0.5, 0.6) is 5.75 Å². The average molecular weight is 393 g/mol. The van der Waals surface area contributed by atoms with Crippen molar-refractivity contribution in [3.8, 4) is 28.1 Å². The molecule has 4 rings (SSSR count). The van der Waals surface area contributed by atoms with E-state index in [0.29, 0.717) is 17.9 Å². The molecule has 28 heavy (non-hydrogen) atoms. The van der Waals surface area contributed by atoms with Crippen LogP contribution in [0.4, 0.5) is 0 Å². The molecule has 142 valence electrons. The second-order valence-corrected chi connectivity index (χ2v) is 7.90. The summed E-state index contributed by atoms with van der Waals surface area (Å²) in [4.78, 5) is 0.0482. The van der Waals surface area contributed by atoms with Gasteiger partial charge >= 0.3 is 0 Å². The minimum absolute atomic E-state index is 0.0482. The number of hydrogen-bond acceptors (Lipinski definition) is 4. The Morgan fingerprint density at radius 3 is 2.46 bits per heavy atom. The van der Waals surface area contributed by atoms with Crippen molar-refractivity contribution in [2.45, 2.75) is 11.8 Å². The molecule has 0 atom stereocenters. The zero-order valence-corrected chi connectivity index (χ0v) is 16.0. The molecule has 7 heteroatoms. The molecule has 6 nitrogen and oxygen atoms in total. The van der Waals surface area contributed by atoms with E-state index in [2.05, 4.69) is 10.2 Å². The molecule has 0 aliphatic rings. The number of hydrogen-bond donors (Lipinski definition) is 2. The molecule has 0 bridgehead atoms. The van der Waals surface area contributed by atoms with E-state index in [4.69, 9.17) is 9.88 Å². The van der Waals surface area contributed by atoms with E-state index in [-0.39, 0.29) is 4.90 Å². The van der Waals surface area contributed by atoms with Crippen LogP contribution >= 0.6 is 0 Å². The first-order valence-corrected chi connectivity index (χ1v) is 10.4. The number of nitrogens with one attached hydrogen (secondary N) is 1. The quantitative estimate of drug-likeness (QED) is 0.536. The topological polar surface area (TPSA) is 98.1 Å². The fourth-order valence-corrected chi connectivity index (χ4v) is 3.76. The zero-order chi connectivity index (χ0) is 19.7. The number of fused-ring (bicyclic) bond motifs is 1. The maximum Gasteiger partial charge on any atom is 0.238 e. The third-order valence-corrected chi connectivity index (χ3v) is 5.39. The lowest BCUT2D eigenvalue weighted by atomic mass is 10.0. The Balaban J connectivity index is 1.90. The lowest BCUT2D eigenvalue weighted by molar-refractivity contribution is 0.342. The summed E-state index contributed by atoms with van der Waals surface area (Å²) in [6, 6.07) is 20.3. The minimum atomic E-state index is -3.79. The molecule has 1 heterocycles. The molecule has 4 aromatic rings. The van der Waals surface area contributed by atoms with Gasteiger partial charge in [-0.3, -0.25) is 5.10 Å². The molecule has 0 radical (unpaired) electrons. The maximum atomic E-state index is 11.7. The van der Waals surface area contributed by atoms with Crippen molar-refractivity contribution in [2.75, 3.05) is 6.61 Å². The predicted octanol–water partition coefficient (Wildman–Crippen LogP) is 3.94. The highest BCUT2D eigenvalue weighted by Crippen LogP contribution is 2.37. The number of ether oxygens (including phenoxy) is 1. The van der Waals surface area contributed by atoms with Gasteiger partial charge in [-0.05, 0) is 36.8 Å². The van der Waals surface area contributed by atoms with Crippen LogP contribution in [-0.2, 0) is 10.0 Å². The summed E-state index contributed by atoms with van der Waals surface area (Å²) in [5.74, 6) is 0.742. The molecule has 0 saturated carbocycles. The average Bonchev–Trinajstić information content (AvgIpc) is 3.11. The number of aromatic nitrogens is 2. The number of nitrogens with two attached hydrogens (primary N) is 1. The standard InChI is InChI=1S/C21H19N3O3S/c1-2-27-20-13-18-19(12-17(20)14-7-4-3-5-8-14)23-24-21(18)15-9-6-10-16(11-15)28(22,25)26/h3-13H,2H2,1H3,(H,23,24)(H2,22,25,26). The second kappa shape index (κ2) is 7.10. The van der Waals surface area contributed by atoms with Gasteiger partial charge in [-0.15, -0.1) is 0 Å². The van der Waals surface area contributed by atoms with Crippen LogP contribution in [0.25, 0.3) is 33.3 Å². The summed E-state index contributed by atoms with van der Waals surface area (Å²) < 4.78 is 29.3. The fraction of sp³-hybridized carbons (Fsp3) is 0.0952. The van der Waals surface area contributed by atoms with Crippen molar-refractivity contribution in [1.29, 1.82) is 0 Å². The SMILES string of the molecule is CCOc1cc2c(-c3cccc(S(N)(=O)=O)c3)n[nH]c2cc1-c1ccccc1. The van der Waals surface area contributed by atoms with Gasteiger partial charge in [0.15, 0.2) is 0 Å². The molecular weight excluding hydrogens is 374 g/mol. The molecule has 0 unspecified atom stereocenters. The molecule has 0 saturated heterocycles. The van der Waals surface area contributed by atoms with Crippen molar-refractivity contribution in [3.05, 3.63) is 66.7 Å². The van der Waals surface area contributed by atoms with E-state index in [9.17, 15) is 8.42 Å². The van der Waals surface area contributed by atoms with Crippen LogP contribution in [0.1, 0.15) is 6.92 Å². The molecule has 0 aliphatic heterocycles.